The third-order valence-electron chi connectivity index (χ3n) is 3.28. The highest BCUT2D eigenvalue weighted by atomic mass is 35.5. The first kappa shape index (κ1) is 12.7. The van der Waals surface area contributed by atoms with Gasteiger partial charge in [0.05, 0.1) is 18.2 Å². The minimum Gasteiger partial charge on any atom is -0.492 e. The maximum absolute atomic E-state index is 9.32. The number of halogens is 1. The van der Waals surface area contributed by atoms with E-state index in [1.165, 1.54) is 12.8 Å². The van der Waals surface area contributed by atoms with Gasteiger partial charge in [-0.15, -0.1) is 0 Å². The maximum atomic E-state index is 9.32. The van der Waals surface area contributed by atoms with E-state index in [0.29, 0.717) is 5.02 Å². The molecular weight excluding hydrogens is 236 g/mol. The number of aliphatic hydroxyl groups excluding tert-OH is 1. The fourth-order valence-electron chi connectivity index (χ4n) is 1.62. The summed E-state index contributed by atoms with van der Waals surface area (Å²) in [4.78, 5) is 0. The minimum absolute atomic E-state index is 0.103. The number of hydrogen-bond acceptors (Lipinski definition) is 2. The molecule has 1 aromatic carbocycles. The van der Waals surface area contributed by atoms with Crippen LogP contribution in [0.3, 0.4) is 0 Å². The fourth-order valence-corrected chi connectivity index (χ4v) is 1.86. The molecule has 0 bridgehead atoms. The molecule has 1 saturated carbocycles. The molecule has 0 atom stereocenters. The third-order valence-corrected chi connectivity index (χ3v) is 3.58. The topological polar surface area (TPSA) is 29.5 Å². The molecule has 0 radical (unpaired) electrons. The van der Waals surface area contributed by atoms with Crippen molar-refractivity contribution in [2.24, 2.45) is 5.92 Å². The third kappa shape index (κ3) is 3.14. The van der Waals surface area contributed by atoms with Crippen LogP contribution >= 0.6 is 11.6 Å². The van der Waals surface area contributed by atoms with Crippen LogP contribution in [0.4, 0.5) is 0 Å². The largest absolute Gasteiger partial charge is 0.492 e. The van der Waals surface area contributed by atoms with Crippen LogP contribution in [0.25, 0.3) is 0 Å². The molecule has 1 N–H and O–H groups in total. The van der Waals surface area contributed by atoms with Crippen LogP contribution < -0.4 is 4.74 Å². The van der Waals surface area contributed by atoms with E-state index in [4.69, 9.17) is 16.3 Å². The summed E-state index contributed by atoms with van der Waals surface area (Å²) < 4.78 is 5.67. The van der Waals surface area contributed by atoms with Crippen molar-refractivity contribution in [2.75, 3.05) is 13.2 Å². The van der Waals surface area contributed by atoms with Crippen molar-refractivity contribution < 1.29 is 9.84 Å². The Morgan fingerprint density at radius 3 is 2.65 bits per heavy atom. The standard InChI is InChI=1S/C14H19ClO2/c1-14(2,9-16)11-5-6-13(12(15)7-11)17-8-10-3-4-10/h5-7,10,16H,3-4,8-9H2,1-2H3. The zero-order valence-electron chi connectivity index (χ0n) is 10.4. The molecule has 2 nitrogen and oxygen atoms in total. The molecule has 1 aliphatic rings. The van der Waals surface area contributed by atoms with E-state index in [2.05, 4.69) is 0 Å². The lowest BCUT2D eigenvalue weighted by Gasteiger charge is -2.23. The zero-order chi connectivity index (χ0) is 12.5. The second kappa shape index (κ2) is 4.87. The lowest BCUT2D eigenvalue weighted by molar-refractivity contribution is 0.218. The molecular formula is C14H19ClO2. The Morgan fingerprint density at radius 1 is 1.41 bits per heavy atom. The lowest BCUT2D eigenvalue weighted by Crippen LogP contribution is -2.21. The van der Waals surface area contributed by atoms with Gasteiger partial charge >= 0.3 is 0 Å². The molecule has 0 aliphatic heterocycles. The number of benzene rings is 1. The summed E-state index contributed by atoms with van der Waals surface area (Å²) in [7, 11) is 0. The normalized spacial score (nSPS) is 16.0. The van der Waals surface area contributed by atoms with Gasteiger partial charge in [-0.05, 0) is 36.5 Å². The Morgan fingerprint density at radius 2 is 2.12 bits per heavy atom. The smallest absolute Gasteiger partial charge is 0.137 e. The van der Waals surface area contributed by atoms with Gasteiger partial charge in [0.2, 0.25) is 0 Å². The van der Waals surface area contributed by atoms with Crippen LogP contribution in [0.15, 0.2) is 18.2 Å². The number of hydrogen-bond donors (Lipinski definition) is 1. The van der Waals surface area contributed by atoms with Crippen molar-refractivity contribution in [2.45, 2.75) is 32.1 Å². The molecule has 0 saturated heterocycles. The summed E-state index contributed by atoms with van der Waals surface area (Å²) >= 11 is 6.19. The summed E-state index contributed by atoms with van der Waals surface area (Å²) in [5.74, 6) is 1.47. The summed E-state index contributed by atoms with van der Waals surface area (Å²) in [6.45, 7) is 4.85. The van der Waals surface area contributed by atoms with E-state index in [1.54, 1.807) is 0 Å². The molecule has 0 heterocycles. The average molecular weight is 255 g/mol. The maximum Gasteiger partial charge on any atom is 0.137 e. The average Bonchev–Trinajstić information content (AvgIpc) is 3.11. The molecule has 1 fully saturated rings. The SMILES string of the molecule is CC(C)(CO)c1ccc(OCC2CC2)c(Cl)c1. The van der Waals surface area contributed by atoms with E-state index < -0.39 is 0 Å². The monoisotopic (exact) mass is 254 g/mol. The fraction of sp³-hybridized carbons (Fsp3) is 0.571. The predicted octanol–water partition coefficient (Wildman–Crippen LogP) is 3.40. The van der Waals surface area contributed by atoms with Crippen molar-refractivity contribution in [3.05, 3.63) is 28.8 Å². The van der Waals surface area contributed by atoms with E-state index in [-0.39, 0.29) is 12.0 Å². The molecule has 3 heteroatoms. The molecule has 1 aliphatic carbocycles. The summed E-state index contributed by atoms with van der Waals surface area (Å²) in [5, 5.41) is 9.95. The lowest BCUT2D eigenvalue weighted by atomic mass is 9.86. The molecule has 0 amide bonds. The number of ether oxygens (including phenoxy) is 1. The predicted molar refractivity (Wildman–Crippen MR) is 69.8 cm³/mol. The summed E-state index contributed by atoms with van der Waals surface area (Å²) in [6, 6.07) is 5.77. The van der Waals surface area contributed by atoms with Crippen LogP contribution in [-0.4, -0.2) is 18.3 Å². The van der Waals surface area contributed by atoms with Gasteiger partial charge in [0.25, 0.3) is 0 Å². The Kier molecular flexibility index (Phi) is 3.64. The van der Waals surface area contributed by atoms with E-state index >= 15 is 0 Å². The zero-order valence-corrected chi connectivity index (χ0v) is 11.1. The Bertz CT molecular complexity index is 397. The number of aliphatic hydroxyl groups is 1. The second-order valence-electron chi connectivity index (χ2n) is 5.44. The molecule has 0 unspecified atom stereocenters. The van der Waals surface area contributed by atoms with Gasteiger partial charge in [0, 0.05) is 5.41 Å². The van der Waals surface area contributed by atoms with Crippen LogP contribution in [0.1, 0.15) is 32.3 Å². The van der Waals surface area contributed by atoms with Crippen molar-refractivity contribution in [3.8, 4) is 5.75 Å². The quantitative estimate of drug-likeness (QED) is 0.873. The van der Waals surface area contributed by atoms with Gasteiger partial charge < -0.3 is 9.84 Å². The van der Waals surface area contributed by atoms with Gasteiger partial charge in [0.15, 0.2) is 0 Å². The van der Waals surface area contributed by atoms with Gasteiger partial charge in [0.1, 0.15) is 5.75 Å². The summed E-state index contributed by atoms with van der Waals surface area (Å²) in [6.07, 6.45) is 2.54. The molecule has 0 spiro atoms. The van der Waals surface area contributed by atoms with E-state index in [9.17, 15) is 5.11 Å². The summed E-state index contributed by atoms with van der Waals surface area (Å²) in [5.41, 5.74) is 0.766. The van der Waals surface area contributed by atoms with Gasteiger partial charge in [-0.2, -0.15) is 0 Å². The molecule has 0 aromatic heterocycles. The van der Waals surface area contributed by atoms with Crippen molar-refractivity contribution in [1.29, 1.82) is 0 Å². The van der Waals surface area contributed by atoms with E-state index in [0.717, 1.165) is 23.8 Å². The van der Waals surface area contributed by atoms with Crippen molar-refractivity contribution in [3.63, 3.8) is 0 Å². The Labute approximate surface area is 108 Å². The molecule has 94 valence electrons. The minimum atomic E-state index is -0.265. The van der Waals surface area contributed by atoms with Crippen molar-refractivity contribution >= 4 is 11.6 Å². The first-order valence-corrected chi connectivity index (χ1v) is 6.44. The van der Waals surface area contributed by atoms with Gasteiger partial charge in [-0.25, -0.2) is 0 Å². The highest BCUT2D eigenvalue weighted by molar-refractivity contribution is 6.32. The van der Waals surface area contributed by atoms with Gasteiger partial charge in [-0.3, -0.25) is 0 Å². The molecule has 17 heavy (non-hydrogen) atoms. The molecule has 2 rings (SSSR count). The van der Waals surface area contributed by atoms with Crippen LogP contribution in [0, 0.1) is 5.92 Å². The Balaban J connectivity index is 2.10. The van der Waals surface area contributed by atoms with E-state index in [1.807, 2.05) is 32.0 Å². The van der Waals surface area contributed by atoms with Crippen LogP contribution in [0.2, 0.25) is 5.02 Å². The molecule has 1 aromatic rings. The van der Waals surface area contributed by atoms with Crippen LogP contribution in [-0.2, 0) is 5.41 Å². The first-order valence-electron chi connectivity index (χ1n) is 6.06. The van der Waals surface area contributed by atoms with Crippen molar-refractivity contribution in [1.82, 2.24) is 0 Å². The first-order chi connectivity index (χ1) is 8.03. The van der Waals surface area contributed by atoms with Crippen LogP contribution in [0.5, 0.6) is 5.75 Å². The highest BCUT2D eigenvalue weighted by Crippen LogP contribution is 2.34. The van der Waals surface area contributed by atoms with Gasteiger partial charge in [-0.1, -0.05) is 31.5 Å². The second-order valence-corrected chi connectivity index (χ2v) is 5.85. The highest BCUT2D eigenvalue weighted by Gasteiger charge is 2.23. The number of rotatable bonds is 5. The Hall–Kier alpha value is -0.730.